The van der Waals surface area contributed by atoms with Crippen molar-refractivity contribution in [2.75, 3.05) is 6.61 Å². The van der Waals surface area contributed by atoms with E-state index in [9.17, 15) is 18.8 Å². The van der Waals surface area contributed by atoms with Crippen molar-refractivity contribution in [2.24, 2.45) is 0 Å². The van der Waals surface area contributed by atoms with E-state index in [2.05, 4.69) is 10.1 Å². The summed E-state index contributed by atoms with van der Waals surface area (Å²) in [5, 5.41) is 11.4. The van der Waals surface area contributed by atoms with Gasteiger partial charge in [0.2, 0.25) is 5.91 Å². The number of carboxylic acids is 1. The molecule has 0 unspecified atom stereocenters. The van der Waals surface area contributed by atoms with Gasteiger partial charge in [-0.3, -0.25) is 4.79 Å². The van der Waals surface area contributed by atoms with Gasteiger partial charge in [-0.2, -0.15) is 0 Å². The molecule has 0 aliphatic rings. The number of benzene rings is 1. The zero-order chi connectivity index (χ0) is 17.2. The van der Waals surface area contributed by atoms with Crippen LogP contribution in [0.25, 0.3) is 0 Å². The van der Waals surface area contributed by atoms with Gasteiger partial charge in [-0.25, -0.2) is 14.0 Å². The summed E-state index contributed by atoms with van der Waals surface area (Å²) in [4.78, 5) is 34.1. The number of esters is 1. The number of carbonyl (C=O) groups excluding carboxylic acids is 2. The first-order chi connectivity index (χ1) is 10.9. The Balaban J connectivity index is 2.56. The molecule has 23 heavy (non-hydrogen) atoms. The van der Waals surface area contributed by atoms with Crippen LogP contribution in [0.2, 0.25) is 0 Å². The number of carboxylic acid groups (broad SMARTS) is 1. The third kappa shape index (κ3) is 7.21. The van der Waals surface area contributed by atoms with Crippen LogP contribution in [0, 0.1) is 5.82 Å². The number of halogens is 1. The Labute approximate surface area is 132 Å². The predicted octanol–water partition coefficient (Wildman–Crippen LogP) is 1.45. The maximum Gasteiger partial charge on any atom is 0.330 e. The summed E-state index contributed by atoms with van der Waals surface area (Å²) >= 11 is 0. The monoisotopic (exact) mass is 323 g/mol. The molecule has 0 radical (unpaired) electrons. The van der Waals surface area contributed by atoms with Gasteiger partial charge < -0.3 is 15.2 Å². The predicted molar refractivity (Wildman–Crippen MR) is 80.1 cm³/mol. The molecular formula is C16H18FNO5. The van der Waals surface area contributed by atoms with Crippen molar-refractivity contribution in [1.82, 2.24) is 5.32 Å². The maximum absolute atomic E-state index is 13.0. The number of hydrogen-bond donors (Lipinski definition) is 2. The normalized spacial score (nSPS) is 11.9. The van der Waals surface area contributed by atoms with Crippen LogP contribution in [-0.2, 0) is 25.5 Å². The Morgan fingerprint density at radius 3 is 2.74 bits per heavy atom. The fourth-order valence-electron chi connectivity index (χ4n) is 1.79. The Morgan fingerprint density at radius 2 is 2.13 bits per heavy atom. The lowest BCUT2D eigenvalue weighted by Gasteiger charge is -2.12. The summed E-state index contributed by atoms with van der Waals surface area (Å²) < 4.78 is 17.7. The van der Waals surface area contributed by atoms with E-state index in [0.717, 1.165) is 6.08 Å². The molecule has 6 nitrogen and oxygen atoms in total. The molecule has 1 rings (SSSR count). The Morgan fingerprint density at radius 1 is 1.39 bits per heavy atom. The number of hydrogen-bond acceptors (Lipinski definition) is 4. The highest BCUT2D eigenvalue weighted by Crippen LogP contribution is 2.05. The molecule has 0 aromatic heterocycles. The highest BCUT2D eigenvalue weighted by Gasteiger charge is 2.18. The Bertz CT molecular complexity index is 600. The molecule has 1 amide bonds. The quantitative estimate of drug-likeness (QED) is 0.558. The minimum atomic E-state index is -1.23. The molecule has 0 saturated heterocycles. The first kappa shape index (κ1) is 18.3. The molecule has 124 valence electrons. The standard InChI is InChI=1S/C16H18FNO5/c1-2-23-15(20)8-4-7-13(16(21)22)18-14(19)10-11-5-3-6-12(17)9-11/h3-6,8-9,13H,2,7,10H2,1H3,(H,18,19)(H,21,22)/b8-4+/t13-/m1/s1. The first-order valence-corrected chi connectivity index (χ1v) is 7.02. The average molecular weight is 323 g/mol. The molecular weight excluding hydrogens is 305 g/mol. The second-order valence-electron chi connectivity index (χ2n) is 4.66. The van der Waals surface area contributed by atoms with Crippen molar-refractivity contribution in [1.29, 1.82) is 0 Å². The summed E-state index contributed by atoms with van der Waals surface area (Å²) in [7, 11) is 0. The van der Waals surface area contributed by atoms with Crippen LogP contribution in [0.1, 0.15) is 18.9 Å². The third-order valence-electron chi connectivity index (χ3n) is 2.80. The topological polar surface area (TPSA) is 92.7 Å². The highest BCUT2D eigenvalue weighted by atomic mass is 19.1. The smallest absolute Gasteiger partial charge is 0.330 e. The minimum absolute atomic E-state index is 0.0664. The van der Waals surface area contributed by atoms with Gasteiger partial charge in [-0.15, -0.1) is 0 Å². The molecule has 0 fully saturated rings. The molecule has 0 bridgehead atoms. The maximum atomic E-state index is 13.0. The fraction of sp³-hybridized carbons (Fsp3) is 0.312. The zero-order valence-electron chi connectivity index (χ0n) is 12.6. The van der Waals surface area contributed by atoms with Crippen LogP contribution < -0.4 is 5.32 Å². The summed E-state index contributed by atoms with van der Waals surface area (Å²) in [5.74, 6) is -2.83. The Hall–Kier alpha value is -2.70. The lowest BCUT2D eigenvalue weighted by atomic mass is 10.1. The van der Waals surface area contributed by atoms with E-state index >= 15 is 0 Å². The van der Waals surface area contributed by atoms with Crippen molar-refractivity contribution in [3.8, 4) is 0 Å². The van der Waals surface area contributed by atoms with Gasteiger partial charge in [0.15, 0.2) is 0 Å². The van der Waals surface area contributed by atoms with E-state index < -0.39 is 29.7 Å². The SMILES string of the molecule is CCOC(=O)/C=C/C[C@@H](NC(=O)Cc1cccc(F)c1)C(=O)O. The largest absolute Gasteiger partial charge is 0.480 e. The second-order valence-corrected chi connectivity index (χ2v) is 4.66. The minimum Gasteiger partial charge on any atom is -0.480 e. The molecule has 1 aromatic rings. The lowest BCUT2D eigenvalue weighted by Crippen LogP contribution is -2.41. The number of carbonyl (C=O) groups is 3. The van der Waals surface area contributed by atoms with Gasteiger partial charge in [0.05, 0.1) is 13.0 Å². The van der Waals surface area contributed by atoms with Crippen molar-refractivity contribution >= 4 is 17.8 Å². The van der Waals surface area contributed by atoms with E-state index in [1.54, 1.807) is 13.0 Å². The van der Waals surface area contributed by atoms with Crippen molar-refractivity contribution in [3.63, 3.8) is 0 Å². The molecule has 0 aliphatic heterocycles. The van der Waals surface area contributed by atoms with Crippen molar-refractivity contribution < 1.29 is 28.6 Å². The summed E-state index contributed by atoms with van der Waals surface area (Å²) in [6.45, 7) is 1.87. The van der Waals surface area contributed by atoms with Gasteiger partial charge in [0, 0.05) is 6.08 Å². The molecule has 0 saturated carbocycles. The van der Waals surface area contributed by atoms with Gasteiger partial charge in [-0.05, 0) is 31.0 Å². The van der Waals surface area contributed by atoms with Gasteiger partial charge >= 0.3 is 11.9 Å². The number of rotatable bonds is 8. The molecule has 2 N–H and O–H groups in total. The van der Waals surface area contributed by atoms with E-state index in [1.807, 2.05) is 0 Å². The van der Waals surface area contributed by atoms with Crippen LogP contribution in [0.3, 0.4) is 0 Å². The van der Waals surface area contributed by atoms with E-state index in [4.69, 9.17) is 5.11 Å². The number of amides is 1. The highest BCUT2D eigenvalue weighted by molar-refractivity contribution is 5.85. The summed E-state index contributed by atoms with van der Waals surface area (Å²) in [6.07, 6.45) is 2.23. The molecule has 0 aliphatic carbocycles. The van der Waals surface area contributed by atoms with Crippen LogP contribution in [0.4, 0.5) is 4.39 Å². The van der Waals surface area contributed by atoms with Gasteiger partial charge in [-0.1, -0.05) is 18.2 Å². The number of ether oxygens (including phenoxy) is 1. The zero-order valence-corrected chi connectivity index (χ0v) is 12.6. The molecule has 1 atom stereocenters. The lowest BCUT2D eigenvalue weighted by molar-refractivity contribution is -0.141. The Kier molecular flexibility index (Phi) is 7.45. The van der Waals surface area contributed by atoms with Crippen LogP contribution in [0.5, 0.6) is 0 Å². The van der Waals surface area contributed by atoms with Crippen LogP contribution in [0.15, 0.2) is 36.4 Å². The van der Waals surface area contributed by atoms with Crippen molar-refractivity contribution in [2.45, 2.75) is 25.8 Å². The van der Waals surface area contributed by atoms with Crippen molar-refractivity contribution in [3.05, 3.63) is 47.8 Å². The second kappa shape index (κ2) is 9.34. The number of nitrogens with one attached hydrogen (secondary N) is 1. The van der Waals surface area contributed by atoms with E-state index in [1.165, 1.54) is 24.3 Å². The number of aliphatic carboxylic acids is 1. The summed E-state index contributed by atoms with van der Waals surface area (Å²) in [5.41, 5.74) is 0.439. The van der Waals surface area contributed by atoms with Crippen LogP contribution in [-0.4, -0.2) is 35.6 Å². The van der Waals surface area contributed by atoms with E-state index in [-0.39, 0.29) is 19.4 Å². The third-order valence-corrected chi connectivity index (χ3v) is 2.80. The average Bonchev–Trinajstić information content (AvgIpc) is 2.46. The fourth-order valence-corrected chi connectivity index (χ4v) is 1.79. The van der Waals surface area contributed by atoms with Gasteiger partial charge in [0.1, 0.15) is 11.9 Å². The first-order valence-electron chi connectivity index (χ1n) is 7.02. The van der Waals surface area contributed by atoms with E-state index in [0.29, 0.717) is 5.56 Å². The van der Waals surface area contributed by atoms with Gasteiger partial charge in [0.25, 0.3) is 0 Å². The molecule has 1 aromatic carbocycles. The summed E-state index contributed by atoms with van der Waals surface area (Å²) in [6, 6.07) is 4.31. The molecule has 0 heterocycles. The van der Waals surface area contributed by atoms with Crippen LogP contribution >= 0.6 is 0 Å². The molecule has 0 spiro atoms. The molecule has 7 heteroatoms.